The van der Waals surface area contributed by atoms with Gasteiger partial charge in [-0.2, -0.15) is 0 Å². The van der Waals surface area contributed by atoms with Gasteiger partial charge in [-0.3, -0.25) is 9.59 Å². The fraction of sp³-hybridized carbons (Fsp3) is 0.467. The molecule has 0 aliphatic rings. The Balaban J connectivity index is 2.09. The molecule has 0 aliphatic carbocycles. The summed E-state index contributed by atoms with van der Waals surface area (Å²) in [5.41, 5.74) is 0.976. The van der Waals surface area contributed by atoms with Crippen LogP contribution in [-0.2, 0) is 15.3 Å². The van der Waals surface area contributed by atoms with Gasteiger partial charge < -0.3 is 10.4 Å². The Bertz CT molecular complexity index is 464. The number of nitrogens with one attached hydrogen (secondary N) is 1. The van der Waals surface area contributed by atoms with Crippen LogP contribution in [0.2, 0.25) is 0 Å². The van der Waals surface area contributed by atoms with Crippen molar-refractivity contribution in [3.63, 3.8) is 0 Å². The van der Waals surface area contributed by atoms with Crippen molar-refractivity contribution < 1.29 is 19.1 Å². The number of hydrogen-bond acceptors (Lipinski definition) is 3. The lowest BCUT2D eigenvalue weighted by Gasteiger charge is -2.07. The predicted octanol–water partition coefficient (Wildman–Crippen LogP) is 2.68. The van der Waals surface area contributed by atoms with Crippen LogP contribution in [0.1, 0.15) is 25.3 Å². The van der Waals surface area contributed by atoms with Crippen molar-refractivity contribution >= 4 is 23.6 Å². The minimum absolute atomic E-state index is 0.0647. The summed E-state index contributed by atoms with van der Waals surface area (Å²) in [5.74, 6) is -0.525. The molecule has 0 heterocycles. The zero-order chi connectivity index (χ0) is 15.7. The zero-order valence-corrected chi connectivity index (χ0v) is 12.8. The molecule has 0 spiro atoms. The number of carboxylic acid groups (broad SMARTS) is 1. The molecule has 1 unspecified atom stereocenters. The molecular formula is C15H20FNO3S. The van der Waals surface area contributed by atoms with E-state index in [1.807, 2.05) is 0 Å². The molecule has 6 heteroatoms. The largest absolute Gasteiger partial charge is 0.481 e. The quantitative estimate of drug-likeness (QED) is 0.688. The first-order chi connectivity index (χ1) is 9.99. The highest BCUT2D eigenvalue weighted by atomic mass is 32.2. The van der Waals surface area contributed by atoms with Crippen LogP contribution >= 0.6 is 11.8 Å². The molecule has 0 saturated carbocycles. The van der Waals surface area contributed by atoms with Crippen molar-refractivity contribution in [2.24, 2.45) is 5.92 Å². The molecule has 0 radical (unpaired) electrons. The second-order valence-corrected chi connectivity index (χ2v) is 5.84. The normalized spacial score (nSPS) is 11.9. The van der Waals surface area contributed by atoms with Crippen LogP contribution in [0.3, 0.4) is 0 Å². The number of halogens is 1. The molecule has 1 aromatic rings. The molecule has 0 bridgehead atoms. The van der Waals surface area contributed by atoms with Crippen LogP contribution in [0.25, 0.3) is 0 Å². The Morgan fingerprint density at radius 1 is 1.33 bits per heavy atom. The minimum atomic E-state index is -0.809. The van der Waals surface area contributed by atoms with E-state index in [4.69, 9.17) is 5.11 Å². The predicted molar refractivity (Wildman–Crippen MR) is 81.6 cm³/mol. The van der Waals surface area contributed by atoms with Gasteiger partial charge in [0.05, 0.1) is 11.7 Å². The van der Waals surface area contributed by atoms with Crippen LogP contribution in [0, 0.1) is 11.7 Å². The van der Waals surface area contributed by atoms with Crippen LogP contribution in [0.5, 0.6) is 0 Å². The average Bonchev–Trinajstić information content (AvgIpc) is 2.45. The maximum absolute atomic E-state index is 12.7. The van der Waals surface area contributed by atoms with Crippen molar-refractivity contribution in [3.05, 3.63) is 35.6 Å². The summed E-state index contributed by atoms with van der Waals surface area (Å²) in [5, 5.41) is 11.5. The lowest BCUT2D eigenvalue weighted by atomic mass is 10.1. The van der Waals surface area contributed by atoms with Crippen molar-refractivity contribution in [2.45, 2.75) is 25.5 Å². The van der Waals surface area contributed by atoms with Gasteiger partial charge in [0.1, 0.15) is 5.82 Å². The molecule has 0 aromatic heterocycles. The fourth-order valence-corrected chi connectivity index (χ4v) is 2.47. The van der Waals surface area contributed by atoms with E-state index in [-0.39, 0.29) is 17.6 Å². The van der Waals surface area contributed by atoms with E-state index in [9.17, 15) is 14.0 Å². The van der Waals surface area contributed by atoms with Crippen molar-refractivity contribution in [1.82, 2.24) is 5.32 Å². The number of carbonyl (C=O) groups is 2. The molecule has 21 heavy (non-hydrogen) atoms. The van der Waals surface area contributed by atoms with Gasteiger partial charge in [0.15, 0.2) is 0 Å². The van der Waals surface area contributed by atoms with Gasteiger partial charge in [0.25, 0.3) is 0 Å². The number of amides is 1. The molecule has 1 aromatic carbocycles. The van der Waals surface area contributed by atoms with E-state index in [1.165, 1.54) is 23.9 Å². The third-order valence-corrected chi connectivity index (χ3v) is 3.98. The SMILES string of the molecule is CC(CCCNC(=O)CSCc1ccc(F)cc1)C(=O)O. The Morgan fingerprint density at radius 2 is 2.00 bits per heavy atom. The maximum atomic E-state index is 12.7. The first-order valence-corrected chi connectivity index (χ1v) is 7.96. The highest BCUT2D eigenvalue weighted by Crippen LogP contribution is 2.12. The number of carboxylic acids is 1. The molecule has 0 aliphatic heterocycles. The van der Waals surface area contributed by atoms with Crippen LogP contribution in [-0.4, -0.2) is 29.3 Å². The Hall–Kier alpha value is -1.56. The molecular weight excluding hydrogens is 293 g/mol. The van der Waals surface area contributed by atoms with E-state index in [2.05, 4.69) is 5.32 Å². The summed E-state index contributed by atoms with van der Waals surface area (Å²) in [7, 11) is 0. The van der Waals surface area contributed by atoms with E-state index in [0.29, 0.717) is 30.9 Å². The molecule has 1 amide bonds. The molecule has 2 N–H and O–H groups in total. The molecule has 0 fully saturated rings. The van der Waals surface area contributed by atoms with Gasteiger partial charge in [-0.15, -0.1) is 11.8 Å². The third kappa shape index (κ3) is 7.70. The van der Waals surface area contributed by atoms with E-state index >= 15 is 0 Å². The minimum Gasteiger partial charge on any atom is -0.481 e. The molecule has 4 nitrogen and oxygen atoms in total. The average molecular weight is 313 g/mol. The number of carbonyl (C=O) groups excluding carboxylic acids is 1. The summed E-state index contributed by atoms with van der Waals surface area (Å²) >= 11 is 1.46. The van der Waals surface area contributed by atoms with Crippen molar-refractivity contribution in [1.29, 1.82) is 0 Å². The standard InChI is InChI=1S/C15H20FNO3S/c1-11(15(19)20)3-2-8-17-14(18)10-21-9-12-4-6-13(16)7-5-12/h4-7,11H,2-3,8-10H2,1H3,(H,17,18)(H,19,20). The number of thioether (sulfide) groups is 1. The van der Waals surface area contributed by atoms with E-state index in [0.717, 1.165) is 5.56 Å². The lowest BCUT2D eigenvalue weighted by Crippen LogP contribution is -2.26. The summed E-state index contributed by atoms with van der Waals surface area (Å²) in [6, 6.07) is 6.21. The van der Waals surface area contributed by atoms with Gasteiger partial charge in [0.2, 0.25) is 5.91 Å². The fourth-order valence-electron chi connectivity index (χ4n) is 1.65. The van der Waals surface area contributed by atoms with Gasteiger partial charge in [0, 0.05) is 12.3 Å². The highest BCUT2D eigenvalue weighted by molar-refractivity contribution is 7.99. The Kier molecular flexibility index (Phi) is 7.82. The summed E-state index contributed by atoms with van der Waals surface area (Å²) in [4.78, 5) is 22.2. The van der Waals surface area contributed by atoms with Crippen molar-refractivity contribution in [2.75, 3.05) is 12.3 Å². The highest BCUT2D eigenvalue weighted by Gasteiger charge is 2.10. The van der Waals surface area contributed by atoms with Crippen molar-refractivity contribution in [3.8, 4) is 0 Å². The van der Waals surface area contributed by atoms with Crippen LogP contribution in [0.15, 0.2) is 24.3 Å². The Morgan fingerprint density at radius 3 is 2.62 bits per heavy atom. The van der Waals surface area contributed by atoms with Crippen LogP contribution < -0.4 is 5.32 Å². The molecule has 116 valence electrons. The topological polar surface area (TPSA) is 66.4 Å². The van der Waals surface area contributed by atoms with E-state index in [1.54, 1.807) is 19.1 Å². The smallest absolute Gasteiger partial charge is 0.306 e. The lowest BCUT2D eigenvalue weighted by molar-refractivity contribution is -0.141. The first-order valence-electron chi connectivity index (χ1n) is 6.80. The summed E-state index contributed by atoms with van der Waals surface area (Å²) in [6.07, 6.45) is 1.21. The van der Waals surface area contributed by atoms with Gasteiger partial charge in [-0.1, -0.05) is 19.1 Å². The maximum Gasteiger partial charge on any atom is 0.306 e. The molecule has 0 saturated heterocycles. The van der Waals surface area contributed by atoms with Gasteiger partial charge in [-0.25, -0.2) is 4.39 Å². The molecule has 1 rings (SSSR count). The number of aliphatic carboxylic acids is 1. The summed E-state index contributed by atoms with van der Waals surface area (Å²) < 4.78 is 12.7. The van der Waals surface area contributed by atoms with Gasteiger partial charge >= 0.3 is 5.97 Å². The molecule has 1 atom stereocenters. The zero-order valence-electron chi connectivity index (χ0n) is 12.0. The number of benzene rings is 1. The second-order valence-electron chi connectivity index (χ2n) is 4.85. The Labute approximate surface area is 128 Å². The number of hydrogen-bond donors (Lipinski definition) is 2. The first kappa shape index (κ1) is 17.5. The third-order valence-electron chi connectivity index (χ3n) is 2.97. The second kappa shape index (κ2) is 9.39. The van der Waals surface area contributed by atoms with Crippen LogP contribution in [0.4, 0.5) is 4.39 Å². The summed E-state index contributed by atoms with van der Waals surface area (Å²) in [6.45, 7) is 2.15. The number of rotatable bonds is 9. The monoisotopic (exact) mass is 313 g/mol. The van der Waals surface area contributed by atoms with E-state index < -0.39 is 5.97 Å². The van der Waals surface area contributed by atoms with Gasteiger partial charge in [-0.05, 0) is 30.5 Å².